The van der Waals surface area contributed by atoms with Crippen molar-refractivity contribution >= 4 is 64.1 Å². The molecule has 0 spiro atoms. The average Bonchev–Trinajstić information content (AvgIpc) is 0.722. The summed E-state index contributed by atoms with van der Waals surface area (Å²) in [6.45, 7) is 0. The van der Waals surface area contributed by atoms with Crippen molar-refractivity contribution in [3.8, 4) is 0 Å². The van der Waals surface area contributed by atoms with Gasteiger partial charge in [0.05, 0.1) is 0 Å². The molecule has 0 aromatic heterocycles. The van der Waals surface area contributed by atoms with Crippen molar-refractivity contribution in [2.24, 2.45) is 0 Å². The van der Waals surface area contributed by atoms with Gasteiger partial charge in [0.15, 0.2) is 17.4 Å². The van der Waals surface area contributed by atoms with E-state index in [-0.39, 0.29) is 142 Å². The van der Waals surface area contributed by atoms with Crippen LogP contribution in [-0.4, -0.2) is 83.3 Å². The second-order valence-electron chi connectivity index (χ2n) is 0.600. The monoisotopic (exact) mass is 232 g/mol. The molecule has 9 heteroatoms. The van der Waals surface area contributed by atoms with Crippen LogP contribution in [0, 0.1) is 0 Å². The van der Waals surface area contributed by atoms with Crippen LogP contribution in [0.1, 0.15) is 5.71 Å². The Hall–Kier alpha value is 4.49. The third-order valence-electron chi connectivity index (χ3n) is 0. The Balaban J connectivity index is -0.00000000286. The standard InChI is InChI=1S/Al.Ca.K.Na.H4O4Si.7H/c;;;;1-5(2,3)4;;;;;;;/h;;;;1-4H;;;;;;;/q;+2;2*+1;;;;;4*-1. The maximum absolute atomic E-state index is 7.33. The molecule has 0 aliphatic carbocycles. The van der Waals surface area contributed by atoms with Crippen LogP contribution >= 0.6 is 0 Å². The minimum Gasteiger partial charge on any atom is -1.00 e. The van der Waals surface area contributed by atoms with Crippen LogP contribution in [0.15, 0.2) is 0 Å². The normalized spacial score (nSPS) is 6.67. The molecule has 0 fully saturated rings. The van der Waals surface area contributed by atoms with Crippen LogP contribution in [-0.2, 0) is 0 Å². The molecular formula is H11AlCaKNaO4Si. The van der Waals surface area contributed by atoms with Gasteiger partial charge in [-0.3, -0.25) is 0 Å². The van der Waals surface area contributed by atoms with Crippen molar-refractivity contribution in [3.05, 3.63) is 0 Å². The Labute approximate surface area is 166 Å². The van der Waals surface area contributed by atoms with E-state index in [1.807, 2.05) is 0 Å². The zero-order valence-corrected chi connectivity index (χ0v) is 13.3. The van der Waals surface area contributed by atoms with Crippen LogP contribution in [0.3, 0.4) is 0 Å². The Bertz CT molecular complexity index is 47.6. The molecule has 4 N–H and O–H groups in total. The summed E-state index contributed by atoms with van der Waals surface area (Å²) in [6.07, 6.45) is 0. The Morgan fingerprint density at radius 1 is 1.00 bits per heavy atom. The van der Waals surface area contributed by atoms with Gasteiger partial charge in [0, 0.05) is 0 Å². The van der Waals surface area contributed by atoms with Crippen LogP contribution < -0.4 is 80.9 Å². The zero-order valence-electron chi connectivity index (χ0n) is 9.00. The smallest absolute Gasteiger partial charge is 1.00 e. The fourth-order valence-electron chi connectivity index (χ4n) is 0. The molecule has 0 saturated carbocycles. The first-order valence-corrected chi connectivity index (χ1v) is 2.68. The summed E-state index contributed by atoms with van der Waals surface area (Å²) in [6, 6.07) is 0. The van der Waals surface area contributed by atoms with Crippen molar-refractivity contribution in [2.75, 3.05) is 0 Å². The van der Waals surface area contributed by atoms with Gasteiger partial charge in [0.1, 0.15) is 0 Å². The van der Waals surface area contributed by atoms with Crippen LogP contribution in [0.25, 0.3) is 0 Å². The molecule has 9 heavy (non-hydrogen) atoms. The molecule has 0 unspecified atom stereocenters. The summed E-state index contributed by atoms with van der Waals surface area (Å²) in [5.41, 5.74) is 0. The zero-order chi connectivity index (χ0) is 4.50. The van der Waals surface area contributed by atoms with Crippen LogP contribution in [0.4, 0.5) is 0 Å². The van der Waals surface area contributed by atoms with E-state index in [9.17, 15) is 0 Å². The van der Waals surface area contributed by atoms with Gasteiger partial charge in [-0.05, 0) is 0 Å². The maximum Gasteiger partial charge on any atom is 2.00 e. The maximum atomic E-state index is 7.33. The molecule has 0 radical (unpaired) electrons. The summed E-state index contributed by atoms with van der Waals surface area (Å²) in [5.74, 6) is 0. The third kappa shape index (κ3) is 68.2. The van der Waals surface area contributed by atoms with E-state index in [1.165, 1.54) is 0 Å². The molecule has 4 nitrogen and oxygen atoms in total. The van der Waals surface area contributed by atoms with E-state index in [1.54, 1.807) is 0 Å². The molecule has 0 bridgehead atoms. The predicted molar refractivity (Wildman–Crippen MR) is 34.8 cm³/mol. The quantitative estimate of drug-likeness (QED) is 0.313. The first-order chi connectivity index (χ1) is 2.00. The minimum atomic E-state index is -4.61. The van der Waals surface area contributed by atoms with E-state index in [2.05, 4.69) is 0 Å². The van der Waals surface area contributed by atoms with Crippen molar-refractivity contribution in [1.82, 2.24) is 0 Å². The van der Waals surface area contributed by atoms with Gasteiger partial charge in [-0.1, -0.05) is 0 Å². The number of hydrogen-bond donors (Lipinski definition) is 4. The van der Waals surface area contributed by atoms with Crippen LogP contribution in [0.2, 0.25) is 0 Å². The second kappa shape index (κ2) is 15.0. The topological polar surface area (TPSA) is 80.9 Å². The molecule has 0 aliphatic rings. The fraction of sp³-hybridized carbons (Fsp3) is 0. The Morgan fingerprint density at radius 2 is 1.00 bits per heavy atom. The largest absolute Gasteiger partial charge is 2.00 e. The van der Waals surface area contributed by atoms with Gasteiger partial charge in [-0.15, -0.1) is 0 Å². The minimum absolute atomic E-state index is 0. The Morgan fingerprint density at radius 3 is 1.00 bits per heavy atom. The first-order valence-electron chi connectivity index (χ1n) is 0.894. The SMILES string of the molecule is O[Si](O)(O)O.[AlH3].[Ca+2].[H-].[H-].[H-].[H-].[K+].[Na+]. The van der Waals surface area contributed by atoms with Gasteiger partial charge in [0.25, 0.3) is 0 Å². The van der Waals surface area contributed by atoms with Crippen molar-refractivity contribution in [3.63, 3.8) is 0 Å². The van der Waals surface area contributed by atoms with E-state index in [4.69, 9.17) is 19.2 Å². The fourth-order valence-corrected chi connectivity index (χ4v) is 0. The van der Waals surface area contributed by atoms with E-state index in [0.29, 0.717) is 0 Å². The summed E-state index contributed by atoms with van der Waals surface area (Å²) < 4.78 is 0. The predicted octanol–water partition coefficient (Wildman–Crippen LogP) is -9.72. The summed E-state index contributed by atoms with van der Waals surface area (Å²) in [5, 5.41) is 0. The van der Waals surface area contributed by atoms with Crippen LogP contribution in [0.5, 0.6) is 0 Å². The van der Waals surface area contributed by atoms with Crippen molar-refractivity contribution < 1.29 is 106 Å². The first kappa shape index (κ1) is 29.2. The summed E-state index contributed by atoms with van der Waals surface area (Å²) in [7, 11) is -4.61. The molecule has 0 heterocycles. The molecule has 0 aromatic carbocycles. The molecule has 0 aliphatic heterocycles. The molecule has 0 amide bonds. The average molecular weight is 232 g/mol. The molecular weight excluding hydrogens is 221 g/mol. The van der Waals surface area contributed by atoms with Gasteiger partial charge < -0.3 is 24.9 Å². The number of hydrogen-bond acceptors (Lipinski definition) is 4. The van der Waals surface area contributed by atoms with Gasteiger partial charge in [-0.25, -0.2) is 0 Å². The summed E-state index contributed by atoms with van der Waals surface area (Å²) in [4.78, 5) is 29.3. The molecule has 0 aromatic rings. The van der Waals surface area contributed by atoms with Crippen molar-refractivity contribution in [1.29, 1.82) is 0 Å². The van der Waals surface area contributed by atoms with Crippen molar-refractivity contribution in [2.45, 2.75) is 0 Å². The second-order valence-corrected chi connectivity index (χ2v) is 1.80. The number of rotatable bonds is 0. The molecule has 0 rings (SSSR count). The van der Waals surface area contributed by atoms with Gasteiger partial charge in [-0.2, -0.15) is 0 Å². The van der Waals surface area contributed by atoms with E-state index in [0.717, 1.165) is 0 Å². The van der Waals surface area contributed by atoms with Gasteiger partial charge in [0.2, 0.25) is 0 Å². The van der Waals surface area contributed by atoms with E-state index < -0.39 is 9.05 Å². The molecule has 0 atom stereocenters. The molecule has 46 valence electrons. The summed E-state index contributed by atoms with van der Waals surface area (Å²) >= 11 is 0. The molecule has 0 saturated heterocycles. The third-order valence-corrected chi connectivity index (χ3v) is 0. The Kier molecular flexibility index (Phi) is 48.6. The van der Waals surface area contributed by atoms with Gasteiger partial charge >= 0.3 is 128 Å². The van der Waals surface area contributed by atoms with E-state index >= 15 is 0 Å².